The van der Waals surface area contributed by atoms with E-state index in [0.717, 1.165) is 32.5 Å². The van der Waals surface area contributed by atoms with Crippen LogP contribution >= 0.6 is 36.2 Å². The summed E-state index contributed by atoms with van der Waals surface area (Å²) >= 11 is 1.77. The summed E-state index contributed by atoms with van der Waals surface area (Å²) in [6, 6.07) is 10.5. The highest BCUT2D eigenvalue weighted by Gasteiger charge is 2.09. The molecule has 1 aromatic carbocycles. The predicted molar refractivity (Wildman–Crippen MR) is 100 cm³/mol. The number of rotatable bonds is 8. The highest BCUT2D eigenvalue weighted by atomic mass is 35.5. The lowest BCUT2D eigenvalue weighted by atomic mass is 10.2. The molecule has 3 nitrogen and oxygen atoms in total. The van der Waals surface area contributed by atoms with Gasteiger partial charge in [-0.25, -0.2) is 4.98 Å². The van der Waals surface area contributed by atoms with Crippen molar-refractivity contribution in [2.75, 3.05) is 13.1 Å². The first-order valence-corrected chi connectivity index (χ1v) is 8.09. The maximum absolute atomic E-state index is 5.73. The molecule has 2 aromatic rings. The molecular formula is C16H25Cl2N3S. The van der Waals surface area contributed by atoms with Crippen molar-refractivity contribution in [2.45, 2.75) is 32.9 Å². The molecule has 0 saturated heterocycles. The second kappa shape index (κ2) is 11.9. The zero-order valence-electron chi connectivity index (χ0n) is 12.9. The van der Waals surface area contributed by atoms with E-state index in [0.29, 0.717) is 6.54 Å². The van der Waals surface area contributed by atoms with Gasteiger partial charge in [0.25, 0.3) is 0 Å². The first-order chi connectivity index (χ1) is 9.81. The van der Waals surface area contributed by atoms with Crippen molar-refractivity contribution in [3.8, 4) is 0 Å². The zero-order chi connectivity index (χ0) is 14.2. The minimum Gasteiger partial charge on any atom is -0.329 e. The summed E-state index contributed by atoms with van der Waals surface area (Å²) in [5, 5.41) is 3.43. The number of aromatic nitrogens is 1. The Bertz CT molecular complexity index is 505. The minimum atomic E-state index is 0. The third-order valence-electron chi connectivity index (χ3n) is 3.14. The summed E-state index contributed by atoms with van der Waals surface area (Å²) in [4.78, 5) is 7.06. The Kier molecular flexibility index (Phi) is 11.5. The summed E-state index contributed by atoms with van der Waals surface area (Å²) in [7, 11) is 0. The number of nitrogens with two attached hydrogens (primary N) is 1. The topological polar surface area (TPSA) is 42.2 Å². The molecule has 2 N–H and O–H groups in total. The van der Waals surface area contributed by atoms with E-state index in [1.807, 2.05) is 6.07 Å². The van der Waals surface area contributed by atoms with Gasteiger partial charge >= 0.3 is 0 Å². The second-order valence-corrected chi connectivity index (χ2v) is 5.91. The van der Waals surface area contributed by atoms with E-state index in [-0.39, 0.29) is 24.8 Å². The quantitative estimate of drug-likeness (QED) is 0.774. The maximum Gasteiger partial charge on any atom is 0.0928 e. The van der Waals surface area contributed by atoms with Crippen LogP contribution in [-0.2, 0) is 19.5 Å². The van der Waals surface area contributed by atoms with Crippen LogP contribution in [0.1, 0.15) is 29.6 Å². The van der Waals surface area contributed by atoms with Gasteiger partial charge in [0.2, 0.25) is 0 Å². The fourth-order valence-electron chi connectivity index (χ4n) is 2.22. The van der Waals surface area contributed by atoms with Gasteiger partial charge in [-0.15, -0.1) is 36.2 Å². The molecule has 0 bridgehead atoms. The van der Waals surface area contributed by atoms with Crippen LogP contribution in [0.25, 0.3) is 0 Å². The molecule has 124 valence electrons. The Morgan fingerprint density at radius 1 is 1.14 bits per heavy atom. The molecule has 0 spiro atoms. The molecule has 0 fully saturated rings. The number of hydrogen-bond donors (Lipinski definition) is 1. The average Bonchev–Trinajstić information content (AvgIpc) is 2.88. The van der Waals surface area contributed by atoms with E-state index in [9.17, 15) is 0 Å². The van der Waals surface area contributed by atoms with Crippen molar-refractivity contribution in [1.82, 2.24) is 9.88 Å². The number of nitrogens with zero attached hydrogens (tertiary/aromatic N) is 2. The summed E-state index contributed by atoms with van der Waals surface area (Å²) < 4.78 is 0. The van der Waals surface area contributed by atoms with Gasteiger partial charge < -0.3 is 5.73 Å². The van der Waals surface area contributed by atoms with Crippen LogP contribution in [0.15, 0.2) is 35.7 Å². The van der Waals surface area contributed by atoms with E-state index in [1.165, 1.54) is 16.3 Å². The van der Waals surface area contributed by atoms with Gasteiger partial charge in [0.1, 0.15) is 0 Å². The number of benzene rings is 1. The predicted octanol–water partition coefficient (Wildman–Crippen LogP) is 3.90. The molecule has 2 rings (SSSR count). The third kappa shape index (κ3) is 7.07. The van der Waals surface area contributed by atoms with E-state index >= 15 is 0 Å². The third-order valence-corrected chi connectivity index (χ3v) is 4.10. The van der Waals surface area contributed by atoms with Crippen molar-refractivity contribution in [1.29, 1.82) is 0 Å². The van der Waals surface area contributed by atoms with Crippen LogP contribution in [0.4, 0.5) is 0 Å². The molecule has 0 unspecified atom stereocenters. The number of hydrogen-bond acceptors (Lipinski definition) is 4. The van der Waals surface area contributed by atoms with Crippen LogP contribution in [-0.4, -0.2) is 23.0 Å². The number of aryl methyl sites for hydroxylation is 1. The van der Waals surface area contributed by atoms with Gasteiger partial charge in [-0.05, 0) is 18.4 Å². The molecule has 0 aliphatic rings. The van der Waals surface area contributed by atoms with Crippen molar-refractivity contribution in [2.24, 2.45) is 5.73 Å². The van der Waals surface area contributed by atoms with Crippen molar-refractivity contribution in [3.63, 3.8) is 0 Å². The summed E-state index contributed by atoms with van der Waals surface area (Å²) in [5.41, 5.74) is 8.22. The highest BCUT2D eigenvalue weighted by Crippen LogP contribution is 2.15. The lowest BCUT2D eigenvalue weighted by Crippen LogP contribution is -2.28. The van der Waals surface area contributed by atoms with Crippen LogP contribution in [0.2, 0.25) is 0 Å². The highest BCUT2D eigenvalue weighted by molar-refractivity contribution is 7.09. The van der Waals surface area contributed by atoms with Crippen LogP contribution in [0.5, 0.6) is 0 Å². The van der Waals surface area contributed by atoms with Gasteiger partial charge in [-0.1, -0.05) is 37.3 Å². The van der Waals surface area contributed by atoms with E-state index in [1.54, 1.807) is 11.3 Å². The molecule has 1 heterocycles. The van der Waals surface area contributed by atoms with E-state index in [4.69, 9.17) is 10.7 Å². The molecule has 0 aliphatic heterocycles. The van der Waals surface area contributed by atoms with Crippen molar-refractivity contribution >= 4 is 36.2 Å². The van der Waals surface area contributed by atoms with Gasteiger partial charge in [0, 0.05) is 31.6 Å². The Morgan fingerprint density at radius 2 is 1.86 bits per heavy atom. The summed E-state index contributed by atoms with van der Waals surface area (Å²) in [6.07, 6.45) is 2.24. The van der Waals surface area contributed by atoms with Crippen molar-refractivity contribution in [3.05, 3.63) is 52.0 Å². The molecule has 0 aliphatic carbocycles. The molecule has 0 atom stereocenters. The number of thiazole rings is 1. The fraction of sp³-hybridized carbons (Fsp3) is 0.438. The summed E-state index contributed by atoms with van der Waals surface area (Å²) in [6.45, 7) is 5.58. The Balaban J connectivity index is 0.00000220. The SMILES string of the molecule is CCCc1nc(CN(CCN)Cc2ccccc2)cs1.Cl.Cl. The molecule has 0 amide bonds. The van der Waals surface area contributed by atoms with Crippen molar-refractivity contribution < 1.29 is 0 Å². The lowest BCUT2D eigenvalue weighted by molar-refractivity contribution is 0.261. The van der Waals surface area contributed by atoms with Crippen LogP contribution < -0.4 is 5.73 Å². The maximum atomic E-state index is 5.73. The average molecular weight is 362 g/mol. The first kappa shape index (κ1) is 21.4. The van der Waals surface area contributed by atoms with Gasteiger partial charge in [-0.3, -0.25) is 4.90 Å². The van der Waals surface area contributed by atoms with Crippen LogP contribution in [0, 0.1) is 0 Å². The minimum absolute atomic E-state index is 0. The lowest BCUT2D eigenvalue weighted by Gasteiger charge is -2.20. The molecular weight excluding hydrogens is 337 g/mol. The molecule has 6 heteroatoms. The largest absolute Gasteiger partial charge is 0.329 e. The Morgan fingerprint density at radius 3 is 2.50 bits per heavy atom. The molecule has 1 aromatic heterocycles. The normalized spacial score (nSPS) is 10.1. The van der Waals surface area contributed by atoms with E-state index in [2.05, 4.69) is 41.5 Å². The number of halogens is 2. The van der Waals surface area contributed by atoms with E-state index < -0.39 is 0 Å². The van der Waals surface area contributed by atoms with Gasteiger partial charge in [0.05, 0.1) is 10.7 Å². The monoisotopic (exact) mass is 361 g/mol. The smallest absolute Gasteiger partial charge is 0.0928 e. The molecule has 0 radical (unpaired) electrons. The summed E-state index contributed by atoms with van der Waals surface area (Å²) in [5.74, 6) is 0. The zero-order valence-corrected chi connectivity index (χ0v) is 15.4. The Hall–Kier alpha value is -0.650. The first-order valence-electron chi connectivity index (χ1n) is 7.21. The van der Waals surface area contributed by atoms with Crippen LogP contribution in [0.3, 0.4) is 0 Å². The standard InChI is InChI=1S/C16H23N3S.2ClH/c1-2-6-16-18-15(13-20-16)12-19(10-9-17)11-14-7-4-3-5-8-14;;/h3-5,7-8,13H,2,6,9-12,17H2,1H3;2*1H. The second-order valence-electron chi connectivity index (χ2n) is 4.97. The molecule has 0 saturated carbocycles. The van der Waals surface area contributed by atoms with Gasteiger partial charge in [-0.2, -0.15) is 0 Å². The molecule has 22 heavy (non-hydrogen) atoms. The fourth-order valence-corrected chi connectivity index (χ4v) is 3.11. The van der Waals surface area contributed by atoms with Gasteiger partial charge in [0.15, 0.2) is 0 Å². The Labute approximate surface area is 149 Å².